The molecule has 5 nitrogen and oxygen atoms in total. The molecule has 0 atom stereocenters. The van der Waals surface area contributed by atoms with Gasteiger partial charge in [0.05, 0.1) is 18.1 Å². The minimum absolute atomic E-state index is 0.144. The van der Waals surface area contributed by atoms with Gasteiger partial charge >= 0.3 is 5.97 Å². The highest BCUT2D eigenvalue weighted by atomic mass is 79.9. The molecule has 2 rings (SSSR count). The third kappa shape index (κ3) is 6.33. The third-order valence-corrected chi connectivity index (χ3v) is 5.53. The van der Waals surface area contributed by atoms with Crippen molar-refractivity contribution in [3.63, 3.8) is 0 Å². The Bertz CT molecular complexity index is 751. The molecule has 1 aliphatic rings. The predicted octanol–water partition coefficient (Wildman–Crippen LogP) is 4.78. The molecular formula is C19H22BrNO4S2. The maximum Gasteiger partial charge on any atom is 0.305 e. The zero-order chi connectivity index (χ0) is 19.8. The zero-order valence-corrected chi connectivity index (χ0v) is 18.5. The largest absolute Gasteiger partial charge is 0.493 e. The van der Waals surface area contributed by atoms with E-state index >= 15 is 0 Å². The van der Waals surface area contributed by atoms with Gasteiger partial charge in [0.2, 0.25) is 0 Å². The summed E-state index contributed by atoms with van der Waals surface area (Å²) in [5.41, 5.74) is 0.815. The summed E-state index contributed by atoms with van der Waals surface area (Å²) in [6, 6.07) is 5.66. The van der Waals surface area contributed by atoms with Crippen molar-refractivity contribution in [1.29, 1.82) is 0 Å². The molecule has 1 aromatic carbocycles. The number of hydrogen-bond acceptors (Lipinski definition) is 6. The summed E-state index contributed by atoms with van der Waals surface area (Å²) in [5.74, 6) is 0.326. The van der Waals surface area contributed by atoms with Gasteiger partial charge in [-0.05, 0) is 44.0 Å². The van der Waals surface area contributed by atoms with Crippen LogP contribution in [0.3, 0.4) is 0 Å². The molecule has 1 fully saturated rings. The number of carbonyl (C=O) groups excluding carboxylic acids is 2. The number of esters is 1. The number of thiocarbonyl (C=S) groups is 1. The van der Waals surface area contributed by atoms with Crippen molar-refractivity contribution in [2.45, 2.75) is 33.1 Å². The summed E-state index contributed by atoms with van der Waals surface area (Å²) >= 11 is 10.0. The maximum absolute atomic E-state index is 12.7. The summed E-state index contributed by atoms with van der Waals surface area (Å²) in [6.45, 7) is 5.23. The Morgan fingerprint density at radius 2 is 2.15 bits per heavy atom. The lowest BCUT2D eigenvalue weighted by Gasteiger charge is -2.14. The minimum atomic E-state index is -0.242. The Morgan fingerprint density at radius 3 is 2.85 bits per heavy atom. The first-order valence-corrected chi connectivity index (χ1v) is 10.8. The van der Waals surface area contributed by atoms with Gasteiger partial charge in [0.25, 0.3) is 5.91 Å². The van der Waals surface area contributed by atoms with Crippen molar-refractivity contribution in [3.8, 4) is 5.75 Å². The number of halogens is 1. The average molecular weight is 472 g/mol. The summed E-state index contributed by atoms with van der Waals surface area (Å²) < 4.78 is 12.1. The fraction of sp³-hybridized carbons (Fsp3) is 0.421. The van der Waals surface area contributed by atoms with Crippen LogP contribution in [0.1, 0.15) is 38.7 Å². The average Bonchev–Trinajstić information content (AvgIpc) is 2.89. The molecule has 0 aliphatic carbocycles. The molecule has 0 aromatic heterocycles. The van der Waals surface area contributed by atoms with Crippen LogP contribution in [0.2, 0.25) is 0 Å². The molecule has 1 amide bonds. The van der Waals surface area contributed by atoms with E-state index in [-0.39, 0.29) is 18.3 Å². The van der Waals surface area contributed by atoms with Crippen molar-refractivity contribution in [1.82, 2.24) is 4.90 Å². The third-order valence-electron chi connectivity index (χ3n) is 3.66. The van der Waals surface area contributed by atoms with E-state index in [1.165, 1.54) is 16.7 Å². The SMILES string of the molecule is CCCOC(=O)CCCN1C(=O)/C(=C\c2cc(Br)ccc2OCC)SC1=S. The van der Waals surface area contributed by atoms with E-state index in [0.717, 1.165) is 16.5 Å². The van der Waals surface area contributed by atoms with Crippen molar-refractivity contribution in [2.24, 2.45) is 0 Å². The van der Waals surface area contributed by atoms with Crippen LogP contribution in [0, 0.1) is 0 Å². The van der Waals surface area contributed by atoms with Crippen molar-refractivity contribution in [2.75, 3.05) is 19.8 Å². The molecule has 0 spiro atoms. The molecule has 0 saturated carbocycles. The number of ether oxygens (including phenoxy) is 2. The summed E-state index contributed by atoms with van der Waals surface area (Å²) in [5, 5.41) is 0. The first-order chi connectivity index (χ1) is 13.0. The number of rotatable bonds is 9. The molecule has 0 unspecified atom stereocenters. The van der Waals surface area contributed by atoms with E-state index in [0.29, 0.717) is 41.2 Å². The molecule has 1 aliphatic heterocycles. The highest BCUT2D eigenvalue weighted by molar-refractivity contribution is 9.10. The van der Waals surface area contributed by atoms with Crippen LogP contribution in [0.25, 0.3) is 6.08 Å². The van der Waals surface area contributed by atoms with Crippen LogP contribution >= 0.6 is 39.9 Å². The zero-order valence-electron chi connectivity index (χ0n) is 15.3. The van der Waals surface area contributed by atoms with Crippen molar-refractivity contribution >= 4 is 62.2 Å². The topological polar surface area (TPSA) is 55.8 Å². The van der Waals surface area contributed by atoms with Gasteiger partial charge in [-0.15, -0.1) is 0 Å². The molecule has 1 heterocycles. The second-order valence-corrected chi connectivity index (χ2v) is 8.36. The number of thioether (sulfide) groups is 1. The van der Waals surface area contributed by atoms with Gasteiger partial charge in [-0.3, -0.25) is 14.5 Å². The van der Waals surface area contributed by atoms with Crippen LogP contribution < -0.4 is 4.74 Å². The highest BCUT2D eigenvalue weighted by Crippen LogP contribution is 2.35. The fourth-order valence-corrected chi connectivity index (χ4v) is 4.10. The number of benzene rings is 1. The van der Waals surface area contributed by atoms with Gasteiger partial charge in [-0.1, -0.05) is 46.8 Å². The molecule has 0 N–H and O–H groups in total. The van der Waals surface area contributed by atoms with Gasteiger partial charge in [0.15, 0.2) is 0 Å². The molecule has 0 bridgehead atoms. The summed E-state index contributed by atoms with van der Waals surface area (Å²) in [6.07, 6.45) is 3.38. The van der Waals surface area contributed by atoms with Crippen LogP contribution in [0.4, 0.5) is 0 Å². The smallest absolute Gasteiger partial charge is 0.305 e. The van der Waals surface area contributed by atoms with Gasteiger partial charge in [-0.2, -0.15) is 0 Å². The Kier molecular flexibility index (Phi) is 8.79. The number of nitrogens with zero attached hydrogens (tertiary/aromatic N) is 1. The van der Waals surface area contributed by atoms with E-state index in [9.17, 15) is 9.59 Å². The number of hydrogen-bond donors (Lipinski definition) is 0. The molecule has 1 aromatic rings. The van der Waals surface area contributed by atoms with Crippen molar-refractivity contribution in [3.05, 3.63) is 33.1 Å². The van der Waals surface area contributed by atoms with Crippen LogP contribution in [0.5, 0.6) is 5.75 Å². The Hall–Kier alpha value is -1.38. The van der Waals surface area contributed by atoms with Gasteiger partial charge in [0, 0.05) is 23.0 Å². The first-order valence-electron chi connectivity index (χ1n) is 8.79. The standard InChI is InChI=1S/C19H22BrNO4S2/c1-3-10-25-17(22)6-5-9-21-18(23)16(27-19(21)26)12-13-11-14(20)7-8-15(13)24-4-2/h7-8,11-12H,3-6,9-10H2,1-2H3/b16-12+. The van der Waals surface area contributed by atoms with E-state index in [1.807, 2.05) is 32.0 Å². The van der Waals surface area contributed by atoms with E-state index < -0.39 is 0 Å². The monoisotopic (exact) mass is 471 g/mol. The molecule has 27 heavy (non-hydrogen) atoms. The quantitative estimate of drug-likeness (QED) is 0.293. The van der Waals surface area contributed by atoms with Gasteiger partial charge < -0.3 is 9.47 Å². The second-order valence-electron chi connectivity index (χ2n) is 5.77. The molecule has 8 heteroatoms. The second kappa shape index (κ2) is 10.8. The molecule has 0 radical (unpaired) electrons. The Labute approximate surface area is 177 Å². The summed E-state index contributed by atoms with van der Waals surface area (Å²) in [7, 11) is 0. The van der Waals surface area contributed by atoms with E-state index in [1.54, 1.807) is 6.08 Å². The lowest BCUT2D eigenvalue weighted by molar-refractivity contribution is -0.144. The molecular weight excluding hydrogens is 450 g/mol. The lowest BCUT2D eigenvalue weighted by Crippen LogP contribution is -2.29. The molecule has 1 saturated heterocycles. The fourth-order valence-electron chi connectivity index (χ4n) is 2.42. The predicted molar refractivity (Wildman–Crippen MR) is 116 cm³/mol. The van der Waals surface area contributed by atoms with Crippen LogP contribution in [-0.4, -0.2) is 40.9 Å². The number of amides is 1. The Morgan fingerprint density at radius 1 is 1.37 bits per heavy atom. The van der Waals surface area contributed by atoms with Gasteiger partial charge in [-0.25, -0.2) is 0 Å². The maximum atomic E-state index is 12.7. The lowest BCUT2D eigenvalue weighted by atomic mass is 10.2. The van der Waals surface area contributed by atoms with E-state index in [2.05, 4.69) is 15.9 Å². The molecule has 146 valence electrons. The number of carbonyl (C=O) groups is 2. The van der Waals surface area contributed by atoms with Crippen LogP contribution in [0.15, 0.2) is 27.6 Å². The van der Waals surface area contributed by atoms with Crippen LogP contribution in [-0.2, 0) is 14.3 Å². The minimum Gasteiger partial charge on any atom is -0.493 e. The first kappa shape index (κ1) is 21.9. The Balaban J connectivity index is 2.04. The summed E-state index contributed by atoms with van der Waals surface area (Å²) in [4.78, 5) is 26.4. The van der Waals surface area contributed by atoms with Gasteiger partial charge in [0.1, 0.15) is 10.1 Å². The van der Waals surface area contributed by atoms with Crippen molar-refractivity contribution < 1.29 is 19.1 Å². The normalized spacial score (nSPS) is 15.5. The van der Waals surface area contributed by atoms with E-state index in [4.69, 9.17) is 21.7 Å². The highest BCUT2D eigenvalue weighted by Gasteiger charge is 2.31.